The van der Waals surface area contributed by atoms with Crippen molar-refractivity contribution in [2.75, 3.05) is 0 Å². The summed E-state index contributed by atoms with van der Waals surface area (Å²) < 4.78 is 1.05. The summed E-state index contributed by atoms with van der Waals surface area (Å²) in [5, 5.41) is 1.61. The molecule has 96 valence electrons. The van der Waals surface area contributed by atoms with Crippen molar-refractivity contribution in [3.8, 4) is 0 Å². The highest BCUT2D eigenvalue weighted by Crippen LogP contribution is 2.13. The van der Waals surface area contributed by atoms with Crippen LogP contribution >= 0.6 is 28.1 Å². The van der Waals surface area contributed by atoms with Crippen LogP contribution in [0.4, 0.5) is 0 Å². The van der Waals surface area contributed by atoms with Crippen molar-refractivity contribution in [1.29, 1.82) is 0 Å². The Hall–Kier alpha value is -1.32. The predicted molar refractivity (Wildman–Crippen MR) is 86.0 cm³/mol. The molecule has 0 aromatic heterocycles. The lowest BCUT2D eigenvalue weighted by Gasteiger charge is -2.03. The second kappa shape index (κ2) is 6.73. The molecule has 0 saturated heterocycles. The molecule has 0 atom stereocenters. The second-order valence-corrected chi connectivity index (χ2v) is 5.44. The van der Waals surface area contributed by atoms with Crippen LogP contribution in [0.1, 0.15) is 27.9 Å². The minimum Gasteiger partial charge on any atom is -0.294 e. The molecule has 2 aromatic rings. The van der Waals surface area contributed by atoms with Crippen LogP contribution in [0.3, 0.4) is 0 Å². The number of aryl methyl sites for hydroxylation is 1. The molecule has 0 amide bonds. The number of Topliss-reactive ketones (excluding diaryl/α,β-unsaturated/α-hetero) is 1. The van der Waals surface area contributed by atoms with Crippen LogP contribution in [0.2, 0.25) is 0 Å². The van der Waals surface area contributed by atoms with Gasteiger partial charge in [-0.1, -0.05) is 64.5 Å². The van der Waals surface area contributed by atoms with Gasteiger partial charge in [-0.3, -0.25) is 4.79 Å². The summed E-state index contributed by atoms with van der Waals surface area (Å²) in [4.78, 5) is 12.0. The third kappa shape index (κ3) is 4.08. The first-order chi connectivity index (χ1) is 9.19. The zero-order chi connectivity index (χ0) is 13.7. The van der Waals surface area contributed by atoms with E-state index in [0.717, 1.165) is 22.0 Å². The van der Waals surface area contributed by atoms with Crippen LogP contribution in [0.5, 0.6) is 0 Å². The molecule has 0 aliphatic carbocycles. The number of thiocarbonyl (C=S) groups is 1. The molecule has 1 nitrogen and oxygen atoms in total. The van der Waals surface area contributed by atoms with Crippen LogP contribution in [0.15, 0.2) is 53.0 Å². The van der Waals surface area contributed by atoms with E-state index in [1.165, 1.54) is 5.56 Å². The largest absolute Gasteiger partial charge is 0.294 e. The van der Waals surface area contributed by atoms with Crippen molar-refractivity contribution in [2.24, 2.45) is 0 Å². The second-order valence-electron chi connectivity index (χ2n) is 4.29. The summed E-state index contributed by atoms with van der Waals surface area (Å²) >= 11 is 8.24. The highest BCUT2D eigenvalue weighted by molar-refractivity contribution is 9.10. The third-order valence-corrected chi connectivity index (χ3v) is 3.72. The average Bonchev–Trinajstić information content (AvgIpc) is 2.46. The predicted octanol–water partition coefficient (Wildman–Crippen LogP) is 4.61. The maximum Gasteiger partial charge on any atom is 0.163 e. The zero-order valence-electron chi connectivity index (χ0n) is 10.3. The van der Waals surface area contributed by atoms with E-state index in [1.54, 1.807) is 5.37 Å². The van der Waals surface area contributed by atoms with Crippen LogP contribution in [0, 0.1) is 0 Å². The van der Waals surface area contributed by atoms with Gasteiger partial charge in [-0.25, -0.2) is 0 Å². The lowest BCUT2D eigenvalue weighted by Crippen LogP contribution is -2.01. The van der Waals surface area contributed by atoms with E-state index in [9.17, 15) is 4.79 Å². The fourth-order valence-electron chi connectivity index (χ4n) is 1.80. The summed E-state index contributed by atoms with van der Waals surface area (Å²) in [6.07, 6.45) is 1.29. The van der Waals surface area contributed by atoms with E-state index in [1.807, 2.05) is 48.5 Å². The van der Waals surface area contributed by atoms with Crippen molar-refractivity contribution in [3.05, 3.63) is 69.7 Å². The SMILES string of the molecule is O=C(CCc1ccc(Br)cc1)c1ccc(C=S)cc1. The van der Waals surface area contributed by atoms with E-state index in [2.05, 4.69) is 15.9 Å². The minimum absolute atomic E-state index is 0.166. The van der Waals surface area contributed by atoms with Crippen LogP contribution in [-0.2, 0) is 6.42 Å². The molecule has 0 fully saturated rings. The van der Waals surface area contributed by atoms with Crippen molar-refractivity contribution in [1.82, 2.24) is 0 Å². The van der Waals surface area contributed by atoms with Crippen molar-refractivity contribution >= 4 is 39.3 Å². The van der Waals surface area contributed by atoms with Gasteiger partial charge in [0.15, 0.2) is 5.78 Å². The highest BCUT2D eigenvalue weighted by Gasteiger charge is 2.05. The van der Waals surface area contributed by atoms with E-state index in [0.29, 0.717) is 6.42 Å². The summed E-state index contributed by atoms with van der Waals surface area (Å²) in [6, 6.07) is 15.5. The molecule has 0 unspecified atom stereocenters. The standard InChI is InChI=1S/C16H13BrOS/c17-15-8-3-12(4-9-15)5-10-16(18)14-6-1-13(11-19)2-7-14/h1-4,6-9,11H,5,10H2. The third-order valence-electron chi connectivity index (χ3n) is 2.92. The molecular weight excluding hydrogens is 320 g/mol. The normalized spacial score (nSPS) is 10.2. The summed E-state index contributed by atoms with van der Waals surface area (Å²) in [7, 11) is 0. The van der Waals surface area contributed by atoms with Crippen molar-refractivity contribution < 1.29 is 4.79 Å². The van der Waals surface area contributed by atoms with Crippen LogP contribution in [-0.4, -0.2) is 11.2 Å². The molecule has 0 heterocycles. The van der Waals surface area contributed by atoms with Gasteiger partial charge >= 0.3 is 0 Å². The Bertz CT molecular complexity index is 573. The fraction of sp³-hybridized carbons (Fsp3) is 0.125. The van der Waals surface area contributed by atoms with Gasteiger partial charge in [-0.15, -0.1) is 0 Å². The van der Waals surface area contributed by atoms with Gasteiger partial charge in [-0.2, -0.15) is 0 Å². The summed E-state index contributed by atoms with van der Waals surface area (Å²) in [6.45, 7) is 0. The van der Waals surface area contributed by atoms with Crippen molar-refractivity contribution in [2.45, 2.75) is 12.8 Å². The van der Waals surface area contributed by atoms with Crippen LogP contribution in [0.25, 0.3) is 0 Å². The minimum atomic E-state index is 0.166. The molecule has 19 heavy (non-hydrogen) atoms. The highest BCUT2D eigenvalue weighted by atomic mass is 79.9. The molecule has 2 rings (SSSR count). The Balaban J connectivity index is 1.96. The molecule has 3 heteroatoms. The molecule has 0 saturated carbocycles. The monoisotopic (exact) mass is 332 g/mol. The fourth-order valence-corrected chi connectivity index (χ4v) is 2.22. The van der Waals surface area contributed by atoms with Gasteiger partial charge < -0.3 is 0 Å². The molecule has 0 aliphatic rings. The van der Waals surface area contributed by atoms with Gasteiger partial charge in [0, 0.05) is 21.8 Å². The number of halogens is 1. The number of rotatable bonds is 5. The molecule has 0 spiro atoms. The molecule has 0 bridgehead atoms. The first-order valence-corrected chi connectivity index (χ1v) is 7.28. The number of benzene rings is 2. The number of ketones is 1. The van der Waals surface area contributed by atoms with E-state index >= 15 is 0 Å². The Morgan fingerprint density at radius 3 is 2.26 bits per heavy atom. The Kier molecular flexibility index (Phi) is 5.00. The summed E-state index contributed by atoms with van der Waals surface area (Å²) in [5.41, 5.74) is 2.88. The average molecular weight is 333 g/mol. The Labute approximate surface area is 126 Å². The molecular formula is C16H13BrOS. The van der Waals surface area contributed by atoms with Crippen molar-refractivity contribution in [3.63, 3.8) is 0 Å². The van der Waals surface area contributed by atoms with E-state index in [-0.39, 0.29) is 5.78 Å². The van der Waals surface area contributed by atoms with Gasteiger partial charge in [0.1, 0.15) is 0 Å². The summed E-state index contributed by atoms with van der Waals surface area (Å²) in [5.74, 6) is 0.166. The molecule has 0 aliphatic heterocycles. The molecule has 2 aromatic carbocycles. The number of hydrogen-bond acceptors (Lipinski definition) is 2. The molecule has 0 radical (unpaired) electrons. The maximum absolute atomic E-state index is 12.0. The Morgan fingerprint density at radius 1 is 1.05 bits per heavy atom. The zero-order valence-corrected chi connectivity index (χ0v) is 12.7. The Morgan fingerprint density at radius 2 is 1.68 bits per heavy atom. The lowest BCUT2D eigenvalue weighted by atomic mass is 10.0. The van der Waals surface area contributed by atoms with Gasteiger partial charge in [-0.05, 0) is 29.7 Å². The smallest absolute Gasteiger partial charge is 0.163 e. The first kappa shape index (κ1) is 14.1. The van der Waals surface area contributed by atoms with Gasteiger partial charge in [0.25, 0.3) is 0 Å². The molecule has 0 N–H and O–H groups in total. The first-order valence-electron chi connectivity index (χ1n) is 6.02. The lowest BCUT2D eigenvalue weighted by molar-refractivity contribution is 0.0983. The van der Waals surface area contributed by atoms with Gasteiger partial charge in [0.05, 0.1) is 0 Å². The maximum atomic E-state index is 12.0. The van der Waals surface area contributed by atoms with E-state index in [4.69, 9.17) is 12.2 Å². The number of carbonyl (C=O) groups excluding carboxylic acids is 1. The van der Waals surface area contributed by atoms with E-state index < -0.39 is 0 Å². The van der Waals surface area contributed by atoms with Crippen LogP contribution < -0.4 is 0 Å². The van der Waals surface area contributed by atoms with Gasteiger partial charge in [0.2, 0.25) is 0 Å². The number of carbonyl (C=O) groups is 1. The quantitative estimate of drug-likeness (QED) is 0.587. The number of hydrogen-bond donors (Lipinski definition) is 0. The topological polar surface area (TPSA) is 17.1 Å².